The van der Waals surface area contributed by atoms with Gasteiger partial charge < -0.3 is 0 Å². The summed E-state index contributed by atoms with van der Waals surface area (Å²) in [5, 5.41) is 0. The van der Waals surface area contributed by atoms with Crippen LogP contribution in [0.15, 0.2) is 12.1 Å². The van der Waals surface area contributed by atoms with Gasteiger partial charge in [0, 0.05) is 10.7 Å². The first kappa shape index (κ1) is 13.5. The number of halogens is 1. The van der Waals surface area contributed by atoms with Gasteiger partial charge in [-0.05, 0) is 50.3 Å². The predicted octanol–water partition coefficient (Wildman–Crippen LogP) is 3.11. The molecule has 1 rings (SSSR count). The van der Waals surface area contributed by atoms with Gasteiger partial charge in [-0.25, -0.2) is 8.42 Å². The van der Waals surface area contributed by atoms with Crippen LogP contribution < -0.4 is 0 Å². The van der Waals surface area contributed by atoms with E-state index in [0.29, 0.717) is 6.42 Å². The van der Waals surface area contributed by atoms with Gasteiger partial charge in [-0.3, -0.25) is 0 Å². The van der Waals surface area contributed by atoms with Crippen LogP contribution >= 0.6 is 10.7 Å². The molecule has 0 aromatic heterocycles. The second kappa shape index (κ2) is 5.19. The van der Waals surface area contributed by atoms with Crippen molar-refractivity contribution >= 4 is 19.7 Å². The zero-order chi connectivity index (χ0) is 12.3. The Bertz CT molecular complexity index is 455. The van der Waals surface area contributed by atoms with Gasteiger partial charge in [0.05, 0.1) is 5.75 Å². The highest BCUT2D eigenvalue weighted by Crippen LogP contribution is 2.18. The Morgan fingerprint density at radius 3 is 2.06 bits per heavy atom. The SMILES string of the molecule is Cc1cc(C)c(CCCS(=O)(=O)Cl)c(C)c1. The predicted molar refractivity (Wildman–Crippen MR) is 68.6 cm³/mol. The zero-order valence-electron chi connectivity index (χ0n) is 9.88. The summed E-state index contributed by atoms with van der Waals surface area (Å²) in [5.41, 5.74) is 4.93. The van der Waals surface area contributed by atoms with Crippen LogP contribution in [0.2, 0.25) is 0 Å². The summed E-state index contributed by atoms with van der Waals surface area (Å²) in [5.74, 6) is 0.0430. The van der Waals surface area contributed by atoms with E-state index in [1.807, 2.05) is 0 Å². The average molecular weight is 261 g/mol. The van der Waals surface area contributed by atoms with Crippen molar-refractivity contribution < 1.29 is 8.42 Å². The number of aryl methyl sites for hydroxylation is 3. The standard InChI is InChI=1S/C12H17ClO2S/c1-9-7-10(2)12(11(3)8-9)5-4-6-16(13,14)15/h7-8H,4-6H2,1-3H3. The fourth-order valence-corrected chi connectivity index (χ4v) is 2.84. The maximum Gasteiger partial charge on any atom is 0.232 e. The van der Waals surface area contributed by atoms with Crippen molar-refractivity contribution in [3.8, 4) is 0 Å². The molecule has 0 radical (unpaired) electrons. The van der Waals surface area contributed by atoms with Crippen molar-refractivity contribution in [2.45, 2.75) is 33.6 Å². The topological polar surface area (TPSA) is 34.1 Å². The van der Waals surface area contributed by atoms with Gasteiger partial charge in [-0.1, -0.05) is 17.7 Å². The first-order valence-corrected chi connectivity index (χ1v) is 7.76. The Hall–Kier alpha value is -0.540. The number of rotatable bonds is 4. The monoisotopic (exact) mass is 260 g/mol. The summed E-state index contributed by atoms with van der Waals surface area (Å²) in [6.07, 6.45) is 1.35. The molecule has 0 saturated carbocycles. The van der Waals surface area contributed by atoms with Gasteiger partial charge in [0.25, 0.3) is 0 Å². The molecule has 0 fully saturated rings. The summed E-state index contributed by atoms with van der Waals surface area (Å²) in [6.45, 7) is 6.18. The molecule has 0 heterocycles. The van der Waals surface area contributed by atoms with Crippen LogP contribution in [-0.4, -0.2) is 14.2 Å². The van der Waals surface area contributed by atoms with Crippen molar-refractivity contribution in [2.75, 3.05) is 5.75 Å². The lowest BCUT2D eigenvalue weighted by atomic mass is 9.96. The second-order valence-electron chi connectivity index (χ2n) is 4.22. The normalized spacial score (nSPS) is 11.8. The molecule has 0 bridgehead atoms. The van der Waals surface area contributed by atoms with E-state index in [4.69, 9.17) is 10.7 Å². The molecule has 4 heteroatoms. The highest BCUT2D eigenvalue weighted by Gasteiger charge is 2.08. The molecule has 0 aliphatic heterocycles. The van der Waals surface area contributed by atoms with Gasteiger partial charge in [0.15, 0.2) is 0 Å². The van der Waals surface area contributed by atoms with Gasteiger partial charge in [0.1, 0.15) is 0 Å². The number of benzene rings is 1. The summed E-state index contributed by atoms with van der Waals surface area (Å²) in [4.78, 5) is 0. The smallest absolute Gasteiger partial charge is 0.212 e. The Morgan fingerprint density at radius 2 is 1.62 bits per heavy atom. The third-order valence-corrected chi connectivity index (χ3v) is 3.89. The molecule has 0 unspecified atom stereocenters. The van der Waals surface area contributed by atoms with Crippen molar-refractivity contribution in [2.24, 2.45) is 0 Å². The number of hydrogen-bond acceptors (Lipinski definition) is 2. The molecular formula is C12H17ClO2S. The van der Waals surface area contributed by atoms with E-state index in [2.05, 4.69) is 32.9 Å². The quantitative estimate of drug-likeness (QED) is 0.780. The Balaban J connectivity index is 2.75. The fraction of sp³-hybridized carbons (Fsp3) is 0.500. The molecule has 0 atom stereocenters. The summed E-state index contributed by atoms with van der Waals surface area (Å²) in [7, 11) is 1.82. The minimum absolute atomic E-state index is 0.0430. The first-order valence-electron chi connectivity index (χ1n) is 5.28. The van der Waals surface area contributed by atoms with E-state index in [-0.39, 0.29) is 5.75 Å². The molecule has 0 aliphatic carbocycles. The first-order chi connectivity index (χ1) is 7.29. The third kappa shape index (κ3) is 4.14. The van der Waals surface area contributed by atoms with E-state index in [1.54, 1.807) is 0 Å². The van der Waals surface area contributed by atoms with Crippen LogP contribution in [-0.2, 0) is 15.5 Å². The maximum absolute atomic E-state index is 10.8. The van der Waals surface area contributed by atoms with Gasteiger partial charge in [-0.15, -0.1) is 0 Å². The largest absolute Gasteiger partial charge is 0.232 e. The summed E-state index contributed by atoms with van der Waals surface area (Å²) in [6, 6.07) is 4.25. The van der Waals surface area contributed by atoms with Gasteiger partial charge in [0.2, 0.25) is 9.05 Å². The molecule has 0 amide bonds. The van der Waals surface area contributed by atoms with E-state index < -0.39 is 9.05 Å². The van der Waals surface area contributed by atoms with Crippen LogP contribution in [0.5, 0.6) is 0 Å². The van der Waals surface area contributed by atoms with Crippen LogP contribution in [0.3, 0.4) is 0 Å². The fourth-order valence-electron chi connectivity index (χ4n) is 2.03. The molecule has 0 spiro atoms. The number of hydrogen-bond donors (Lipinski definition) is 0. The Kier molecular flexibility index (Phi) is 4.39. The van der Waals surface area contributed by atoms with Crippen LogP contribution in [0.25, 0.3) is 0 Å². The maximum atomic E-state index is 10.8. The van der Waals surface area contributed by atoms with E-state index >= 15 is 0 Å². The van der Waals surface area contributed by atoms with Crippen molar-refractivity contribution in [1.82, 2.24) is 0 Å². The molecular weight excluding hydrogens is 244 g/mol. The lowest BCUT2D eigenvalue weighted by molar-refractivity contribution is 0.607. The molecule has 0 aliphatic rings. The molecule has 0 N–H and O–H groups in total. The summed E-state index contributed by atoms with van der Waals surface area (Å²) >= 11 is 0. The van der Waals surface area contributed by atoms with E-state index in [0.717, 1.165) is 6.42 Å². The Labute approximate surface area is 102 Å². The molecule has 16 heavy (non-hydrogen) atoms. The van der Waals surface area contributed by atoms with Gasteiger partial charge >= 0.3 is 0 Å². The Morgan fingerprint density at radius 1 is 1.12 bits per heavy atom. The van der Waals surface area contributed by atoms with Crippen LogP contribution in [0, 0.1) is 20.8 Å². The molecule has 90 valence electrons. The van der Waals surface area contributed by atoms with Crippen molar-refractivity contribution in [3.05, 3.63) is 34.4 Å². The third-order valence-electron chi connectivity index (χ3n) is 2.66. The molecule has 1 aromatic carbocycles. The minimum atomic E-state index is -3.36. The van der Waals surface area contributed by atoms with Crippen LogP contribution in [0.4, 0.5) is 0 Å². The molecule has 2 nitrogen and oxygen atoms in total. The average Bonchev–Trinajstić information content (AvgIpc) is 2.07. The second-order valence-corrected chi connectivity index (χ2v) is 7.12. The lowest BCUT2D eigenvalue weighted by Gasteiger charge is -2.10. The van der Waals surface area contributed by atoms with Gasteiger partial charge in [-0.2, -0.15) is 0 Å². The van der Waals surface area contributed by atoms with Crippen molar-refractivity contribution in [3.63, 3.8) is 0 Å². The summed E-state index contributed by atoms with van der Waals surface area (Å²) < 4.78 is 21.6. The van der Waals surface area contributed by atoms with E-state index in [9.17, 15) is 8.42 Å². The zero-order valence-corrected chi connectivity index (χ0v) is 11.5. The highest BCUT2D eigenvalue weighted by molar-refractivity contribution is 8.13. The highest BCUT2D eigenvalue weighted by atomic mass is 35.7. The minimum Gasteiger partial charge on any atom is -0.212 e. The molecule has 0 saturated heterocycles. The lowest BCUT2D eigenvalue weighted by Crippen LogP contribution is -2.02. The van der Waals surface area contributed by atoms with Crippen LogP contribution in [0.1, 0.15) is 28.7 Å². The van der Waals surface area contributed by atoms with Crippen molar-refractivity contribution in [1.29, 1.82) is 0 Å². The molecule has 1 aromatic rings. The van der Waals surface area contributed by atoms with E-state index in [1.165, 1.54) is 22.3 Å².